The molecule has 14 heavy (non-hydrogen) atoms. The highest BCUT2D eigenvalue weighted by Gasteiger charge is 2.55. The molecule has 4 atom stereocenters. The van der Waals surface area contributed by atoms with E-state index in [4.69, 9.17) is 10.5 Å². The third kappa shape index (κ3) is 1.82. The van der Waals surface area contributed by atoms with E-state index in [-0.39, 0.29) is 0 Å². The van der Waals surface area contributed by atoms with Crippen LogP contribution < -0.4 is 5.73 Å². The molecule has 2 aliphatic carbocycles. The Balaban J connectivity index is 1.75. The number of nitrogens with two attached hydrogens (primary N) is 1. The Labute approximate surface area is 87.2 Å². The number of hydrogen-bond acceptors (Lipinski definition) is 2. The molecule has 2 N–H and O–H groups in total. The van der Waals surface area contributed by atoms with Crippen LogP contribution in [0.25, 0.3) is 0 Å². The van der Waals surface area contributed by atoms with Crippen molar-refractivity contribution in [3.05, 3.63) is 0 Å². The Morgan fingerprint density at radius 3 is 2.57 bits per heavy atom. The summed E-state index contributed by atoms with van der Waals surface area (Å²) in [6, 6.07) is 0.431. The van der Waals surface area contributed by atoms with Crippen molar-refractivity contribution >= 4 is 0 Å². The maximum atomic E-state index is 6.30. The van der Waals surface area contributed by atoms with E-state index in [1.54, 1.807) is 7.11 Å². The van der Waals surface area contributed by atoms with E-state index in [0.29, 0.717) is 12.0 Å². The smallest absolute Gasteiger partial charge is 0.0465 e. The average Bonchev–Trinajstić information content (AvgIpc) is 2.66. The number of hydrogen-bond donors (Lipinski definition) is 1. The molecule has 2 aliphatic rings. The van der Waals surface area contributed by atoms with Crippen molar-refractivity contribution < 1.29 is 4.74 Å². The summed E-state index contributed by atoms with van der Waals surface area (Å²) in [6.07, 6.45) is 5.46. The summed E-state index contributed by atoms with van der Waals surface area (Å²) in [6.45, 7) is 3.13. The van der Waals surface area contributed by atoms with Crippen molar-refractivity contribution in [1.29, 1.82) is 0 Å². The van der Waals surface area contributed by atoms with E-state index in [9.17, 15) is 0 Å². The van der Waals surface area contributed by atoms with Crippen LogP contribution in [0.2, 0.25) is 0 Å². The van der Waals surface area contributed by atoms with E-state index in [2.05, 4.69) is 6.92 Å². The van der Waals surface area contributed by atoms with Gasteiger partial charge in [0.05, 0.1) is 0 Å². The van der Waals surface area contributed by atoms with E-state index in [0.717, 1.165) is 30.8 Å². The number of ether oxygens (including phenoxy) is 1. The van der Waals surface area contributed by atoms with Crippen molar-refractivity contribution in [3.63, 3.8) is 0 Å². The highest BCUT2D eigenvalue weighted by Crippen LogP contribution is 2.59. The molecule has 0 amide bonds. The first-order chi connectivity index (χ1) is 6.75. The minimum Gasteiger partial charge on any atom is -0.385 e. The summed E-state index contributed by atoms with van der Waals surface area (Å²) in [5.41, 5.74) is 6.30. The van der Waals surface area contributed by atoms with Gasteiger partial charge in [0.2, 0.25) is 0 Å². The normalized spacial score (nSPS) is 39.2. The van der Waals surface area contributed by atoms with Gasteiger partial charge in [0.1, 0.15) is 0 Å². The van der Waals surface area contributed by atoms with Crippen molar-refractivity contribution in [1.82, 2.24) is 0 Å². The van der Waals surface area contributed by atoms with Crippen molar-refractivity contribution in [2.24, 2.45) is 29.4 Å². The van der Waals surface area contributed by atoms with E-state index in [1.165, 1.54) is 19.3 Å². The lowest BCUT2D eigenvalue weighted by Gasteiger charge is -2.21. The molecule has 0 bridgehead atoms. The molecule has 0 radical (unpaired) electrons. The van der Waals surface area contributed by atoms with Crippen LogP contribution >= 0.6 is 0 Å². The zero-order valence-corrected chi connectivity index (χ0v) is 9.41. The lowest BCUT2D eigenvalue weighted by Crippen LogP contribution is -2.32. The van der Waals surface area contributed by atoms with Crippen molar-refractivity contribution in [2.75, 3.05) is 13.7 Å². The standard InChI is InChI=1S/C12H23NO/c1-8(6-7-14-2)12(13)11-9-4-3-5-10(9)11/h8-12H,3-7,13H2,1-2H3. The Bertz CT molecular complexity index is 185. The summed E-state index contributed by atoms with van der Waals surface area (Å²) >= 11 is 0. The molecule has 4 unspecified atom stereocenters. The van der Waals surface area contributed by atoms with Gasteiger partial charge < -0.3 is 10.5 Å². The van der Waals surface area contributed by atoms with Gasteiger partial charge in [-0.15, -0.1) is 0 Å². The van der Waals surface area contributed by atoms with Crippen LogP contribution in [0.3, 0.4) is 0 Å². The van der Waals surface area contributed by atoms with E-state index >= 15 is 0 Å². The Hall–Kier alpha value is -0.0800. The van der Waals surface area contributed by atoms with Crippen LogP contribution in [0.1, 0.15) is 32.6 Å². The van der Waals surface area contributed by atoms with Crippen LogP contribution in [-0.4, -0.2) is 19.8 Å². The lowest BCUT2D eigenvalue weighted by molar-refractivity contribution is 0.170. The second-order valence-corrected chi connectivity index (χ2v) is 5.17. The number of methoxy groups -OCH3 is 1. The molecule has 0 heterocycles. The van der Waals surface area contributed by atoms with Gasteiger partial charge in [-0.05, 0) is 42.9 Å². The summed E-state index contributed by atoms with van der Waals surface area (Å²) < 4.78 is 5.10. The van der Waals surface area contributed by atoms with Gasteiger partial charge in [-0.3, -0.25) is 0 Å². The highest BCUT2D eigenvalue weighted by molar-refractivity contribution is 5.06. The molecule has 0 aromatic carbocycles. The second kappa shape index (κ2) is 4.19. The topological polar surface area (TPSA) is 35.2 Å². The average molecular weight is 197 g/mol. The predicted octanol–water partition coefficient (Wildman–Crippen LogP) is 2.03. The first-order valence-electron chi connectivity index (χ1n) is 6.00. The fourth-order valence-electron chi connectivity index (χ4n) is 3.32. The molecule has 2 rings (SSSR count). The summed E-state index contributed by atoms with van der Waals surface area (Å²) in [5.74, 6) is 3.48. The summed E-state index contributed by atoms with van der Waals surface area (Å²) in [7, 11) is 1.77. The van der Waals surface area contributed by atoms with E-state index in [1.807, 2.05) is 0 Å². The Kier molecular flexibility index (Phi) is 3.13. The zero-order valence-electron chi connectivity index (χ0n) is 9.41. The molecule has 2 nitrogen and oxygen atoms in total. The van der Waals surface area contributed by atoms with Gasteiger partial charge >= 0.3 is 0 Å². The van der Waals surface area contributed by atoms with Crippen molar-refractivity contribution in [3.8, 4) is 0 Å². The summed E-state index contributed by atoms with van der Waals surface area (Å²) in [5, 5.41) is 0. The fraction of sp³-hybridized carbons (Fsp3) is 1.00. The largest absolute Gasteiger partial charge is 0.385 e. The molecule has 0 aromatic rings. The molecule has 0 aromatic heterocycles. The van der Waals surface area contributed by atoms with Gasteiger partial charge in [-0.2, -0.15) is 0 Å². The number of rotatable bonds is 5. The van der Waals surface area contributed by atoms with Gasteiger partial charge in [-0.1, -0.05) is 13.3 Å². The SMILES string of the molecule is COCCC(C)C(N)C1C2CCCC21. The first-order valence-corrected chi connectivity index (χ1v) is 6.00. The van der Waals surface area contributed by atoms with Gasteiger partial charge in [0.15, 0.2) is 0 Å². The summed E-state index contributed by atoms with van der Waals surface area (Å²) in [4.78, 5) is 0. The van der Waals surface area contributed by atoms with E-state index < -0.39 is 0 Å². The zero-order chi connectivity index (χ0) is 10.1. The van der Waals surface area contributed by atoms with Gasteiger partial charge in [0, 0.05) is 19.8 Å². The quantitative estimate of drug-likeness (QED) is 0.732. The molecular weight excluding hydrogens is 174 g/mol. The predicted molar refractivity (Wildman–Crippen MR) is 58.0 cm³/mol. The monoisotopic (exact) mass is 197 g/mol. The fourth-order valence-corrected chi connectivity index (χ4v) is 3.32. The van der Waals surface area contributed by atoms with Crippen LogP contribution in [0, 0.1) is 23.7 Å². The molecular formula is C12H23NO. The molecule has 2 saturated carbocycles. The second-order valence-electron chi connectivity index (χ2n) is 5.17. The number of fused-ring (bicyclic) bond motifs is 1. The Morgan fingerprint density at radius 1 is 1.36 bits per heavy atom. The third-order valence-electron chi connectivity index (χ3n) is 4.35. The van der Waals surface area contributed by atoms with Gasteiger partial charge in [0.25, 0.3) is 0 Å². The molecule has 2 heteroatoms. The van der Waals surface area contributed by atoms with Crippen LogP contribution in [0.4, 0.5) is 0 Å². The molecule has 82 valence electrons. The molecule has 0 spiro atoms. The van der Waals surface area contributed by atoms with Crippen molar-refractivity contribution in [2.45, 2.75) is 38.6 Å². The van der Waals surface area contributed by atoms with Gasteiger partial charge in [-0.25, -0.2) is 0 Å². The van der Waals surface area contributed by atoms with Crippen LogP contribution in [0.5, 0.6) is 0 Å². The maximum Gasteiger partial charge on any atom is 0.0465 e. The van der Waals surface area contributed by atoms with Crippen LogP contribution in [-0.2, 0) is 4.74 Å². The third-order valence-corrected chi connectivity index (χ3v) is 4.35. The molecule has 0 aliphatic heterocycles. The molecule has 0 saturated heterocycles. The molecule has 2 fully saturated rings. The minimum atomic E-state index is 0.431. The first kappa shape index (κ1) is 10.4. The van der Waals surface area contributed by atoms with Crippen LogP contribution in [0.15, 0.2) is 0 Å². The maximum absolute atomic E-state index is 6.30. The lowest BCUT2D eigenvalue weighted by atomic mass is 9.92. The highest BCUT2D eigenvalue weighted by atomic mass is 16.5. The minimum absolute atomic E-state index is 0.431. The Morgan fingerprint density at radius 2 is 2.00 bits per heavy atom.